The summed E-state index contributed by atoms with van der Waals surface area (Å²) in [5.41, 5.74) is 3.22. The van der Waals surface area contributed by atoms with Crippen LogP contribution in [-0.4, -0.2) is 46.5 Å². The molecule has 1 saturated carbocycles. The summed E-state index contributed by atoms with van der Waals surface area (Å²) < 4.78 is 1.63. The molecule has 2 aromatic carbocycles. The summed E-state index contributed by atoms with van der Waals surface area (Å²) in [7, 11) is 6.08. The van der Waals surface area contributed by atoms with Crippen molar-refractivity contribution in [1.82, 2.24) is 19.9 Å². The molecule has 3 N–H and O–H groups in total. The van der Waals surface area contributed by atoms with E-state index in [0.717, 1.165) is 18.4 Å². The zero-order chi connectivity index (χ0) is 24.2. The van der Waals surface area contributed by atoms with E-state index < -0.39 is 0 Å². The molecule has 1 amide bonds. The molecule has 0 saturated heterocycles. The van der Waals surface area contributed by atoms with Gasteiger partial charge in [-0.2, -0.15) is 9.61 Å². The molecular weight excluding hydrogens is 437 g/mol. The minimum Gasteiger partial charge on any atom is -0.507 e. The lowest BCUT2D eigenvalue weighted by atomic mass is 9.84. The number of nitrogens with zero attached hydrogens (tertiary/aromatic N) is 3. The van der Waals surface area contributed by atoms with Gasteiger partial charge in [-0.05, 0) is 41.9 Å². The van der Waals surface area contributed by atoms with Crippen LogP contribution in [0.5, 0.6) is 5.75 Å². The number of carbonyl (C=O) groups excluding carboxylic acids is 1. The summed E-state index contributed by atoms with van der Waals surface area (Å²) in [6.45, 7) is 0.957. The number of benzene rings is 2. The molecule has 2 heterocycles. The Hall–Kier alpha value is -3.81. The van der Waals surface area contributed by atoms with Crippen molar-refractivity contribution in [2.45, 2.75) is 31.6 Å². The number of anilines is 1. The van der Waals surface area contributed by atoms with E-state index in [0.29, 0.717) is 47.2 Å². The van der Waals surface area contributed by atoms with Crippen molar-refractivity contribution in [3.63, 3.8) is 0 Å². The Morgan fingerprint density at radius 3 is 2.60 bits per heavy atom. The fraction of sp³-hybridized carbons (Fsp3) is 0.296. The molecule has 0 spiro atoms. The van der Waals surface area contributed by atoms with Crippen molar-refractivity contribution in [3.05, 3.63) is 72.4 Å². The lowest BCUT2D eigenvalue weighted by molar-refractivity contribution is -0.123. The normalized spacial score (nSPS) is 14.7. The third-order valence-corrected chi connectivity index (χ3v) is 6.72. The Labute approximate surface area is 206 Å². The van der Waals surface area contributed by atoms with E-state index >= 15 is 0 Å². The van der Waals surface area contributed by atoms with Crippen LogP contribution in [0.3, 0.4) is 0 Å². The van der Waals surface area contributed by atoms with E-state index in [1.54, 1.807) is 28.9 Å². The summed E-state index contributed by atoms with van der Waals surface area (Å²) in [5, 5.41) is 21.1. The quantitative estimate of drug-likeness (QED) is 0.274. The van der Waals surface area contributed by atoms with Crippen molar-refractivity contribution < 1.29 is 9.90 Å². The molecule has 8 heteroatoms. The molecule has 35 heavy (non-hydrogen) atoms. The molecule has 0 bridgehead atoms. The predicted molar refractivity (Wildman–Crippen MR) is 138 cm³/mol. The molecule has 0 aliphatic heterocycles. The summed E-state index contributed by atoms with van der Waals surface area (Å²) in [5.74, 6) is 1.15. The highest BCUT2D eigenvalue weighted by Gasteiger charge is 2.31. The Morgan fingerprint density at radius 1 is 1.09 bits per heavy atom. The summed E-state index contributed by atoms with van der Waals surface area (Å²) in [6, 6.07) is 18.9. The van der Waals surface area contributed by atoms with Crippen molar-refractivity contribution in [2.24, 2.45) is 5.92 Å². The SMILES string of the molecule is [B]c1cnn2c(NCCNC(=O)C(c3ccccc3)C3CCCC3)cc(-c3ccccc3O)nc12. The molecule has 1 aliphatic rings. The van der Waals surface area contributed by atoms with Gasteiger partial charge in [0.2, 0.25) is 5.91 Å². The number of phenols is 1. The van der Waals surface area contributed by atoms with E-state index in [9.17, 15) is 9.90 Å². The highest BCUT2D eigenvalue weighted by molar-refractivity contribution is 6.36. The molecule has 1 fully saturated rings. The first-order chi connectivity index (χ1) is 17.1. The first-order valence-corrected chi connectivity index (χ1v) is 12.1. The number of aromatic hydroxyl groups is 1. The molecule has 5 rings (SSSR count). The van der Waals surface area contributed by atoms with Crippen LogP contribution in [-0.2, 0) is 4.79 Å². The van der Waals surface area contributed by atoms with Gasteiger partial charge in [-0.3, -0.25) is 4.79 Å². The van der Waals surface area contributed by atoms with E-state index in [1.165, 1.54) is 12.8 Å². The Morgan fingerprint density at radius 2 is 1.83 bits per heavy atom. The Balaban J connectivity index is 1.30. The summed E-state index contributed by atoms with van der Waals surface area (Å²) in [4.78, 5) is 17.8. The van der Waals surface area contributed by atoms with Gasteiger partial charge >= 0.3 is 0 Å². The number of hydrogen-bond acceptors (Lipinski definition) is 5. The maximum Gasteiger partial charge on any atom is 0.227 e. The van der Waals surface area contributed by atoms with E-state index in [1.807, 2.05) is 30.3 Å². The summed E-state index contributed by atoms with van der Waals surface area (Å²) in [6.07, 6.45) is 6.11. The smallest absolute Gasteiger partial charge is 0.227 e. The molecule has 1 aliphatic carbocycles. The number of nitrogens with one attached hydrogen (secondary N) is 2. The van der Waals surface area contributed by atoms with Gasteiger partial charge in [0.1, 0.15) is 19.4 Å². The van der Waals surface area contributed by atoms with Gasteiger partial charge in [0, 0.05) is 30.9 Å². The van der Waals surface area contributed by atoms with Crippen LogP contribution in [0.2, 0.25) is 0 Å². The third-order valence-electron chi connectivity index (χ3n) is 6.72. The van der Waals surface area contributed by atoms with E-state index in [4.69, 9.17) is 7.85 Å². The van der Waals surface area contributed by atoms with Gasteiger partial charge in [0.15, 0.2) is 5.65 Å². The molecule has 7 nitrogen and oxygen atoms in total. The maximum absolute atomic E-state index is 13.2. The minimum absolute atomic E-state index is 0.0722. The molecule has 2 radical (unpaired) electrons. The van der Waals surface area contributed by atoms with Crippen molar-refractivity contribution in [1.29, 1.82) is 0 Å². The number of para-hydroxylation sites is 1. The van der Waals surface area contributed by atoms with Crippen molar-refractivity contribution >= 4 is 30.7 Å². The number of rotatable bonds is 8. The molecule has 1 unspecified atom stereocenters. The van der Waals surface area contributed by atoms with Crippen LogP contribution in [0.1, 0.15) is 37.2 Å². The Kier molecular flexibility index (Phi) is 6.70. The average molecular weight is 465 g/mol. The molecule has 176 valence electrons. The number of hydrogen-bond donors (Lipinski definition) is 3. The number of phenolic OH excluding ortho intramolecular Hbond substituents is 1. The van der Waals surface area contributed by atoms with Crippen LogP contribution in [0.4, 0.5) is 5.82 Å². The lowest BCUT2D eigenvalue weighted by Crippen LogP contribution is -2.35. The van der Waals surface area contributed by atoms with Crippen LogP contribution in [0.25, 0.3) is 16.9 Å². The van der Waals surface area contributed by atoms with Gasteiger partial charge in [0.05, 0.1) is 11.6 Å². The zero-order valence-electron chi connectivity index (χ0n) is 19.5. The van der Waals surface area contributed by atoms with Crippen molar-refractivity contribution in [2.75, 3.05) is 18.4 Å². The fourth-order valence-corrected chi connectivity index (χ4v) is 5.01. The highest BCUT2D eigenvalue weighted by atomic mass is 16.3. The monoisotopic (exact) mass is 465 g/mol. The van der Waals surface area contributed by atoms with Crippen LogP contribution >= 0.6 is 0 Å². The van der Waals surface area contributed by atoms with Crippen LogP contribution < -0.4 is 16.1 Å². The van der Waals surface area contributed by atoms with Crippen molar-refractivity contribution in [3.8, 4) is 17.0 Å². The highest BCUT2D eigenvalue weighted by Crippen LogP contribution is 2.37. The minimum atomic E-state index is -0.120. The zero-order valence-corrected chi connectivity index (χ0v) is 19.5. The number of carbonyl (C=O) groups is 1. The van der Waals surface area contributed by atoms with Gasteiger partial charge < -0.3 is 15.7 Å². The predicted octanol–water partition coefficient (Wildman–Crippen LogP) is 3.40. The molecule has 2 aromatic heterocycles. The van der Waals surface area contributed by atoms with Gasteiger partial charge in [-0.1, -0.05) is 55.3 Å². The second-order valence-electron chi connectivity index (χ2n) is 9.03. The third kappa shape index (κ3) is 4.87. The molecular formula is C27H28BN5O2. The van der Waals surface area contributed by atoms with Gasteiger partial charge in [-0.25, -0.2) is 4.98 Å². The Bertz CT molecular complexity index is 1320. The first kappa shape index (κ1) is 23.0. The van der Waals surface area contributed by atoms with Crippen LogP contribution in [0, 0.1) is 5.92 Å². The lowest BCUT2D eigenvalue weighted by Gasteiger charge is -2.23. The maximum atomic E-state index is 13.2. The molecule has 4 aromatic rings. The summed E-state index contributed by atoms with van der Waals surface area (Å²) >= 11 is 0. The number of aromatic nitrogens is 3. The second kappa shape index (κ2) is 10.2. The average Bonchev–Trinajstić information content (AvgIpc) is 3.53. The van der Waals surface area contributed by atoms with Crippen LogP contribution in [0.15, 0.2) is 66.9 Å². The first-order valence-electron chi connectivity index (χ1n) is 12.1. The van der Waals surface area contributed by atoms with E-state index in [-0.39, 0.29) is 17.6 Å². The second-order valence-corrected chi connectivity index (χ2v) is 9.03. The number of fused-ring (bicyclic) bond motifs is 1. The van der Waals surface area contributed by atoms with Gasteiger partial charge in [-0.15, -0.1) is 0 Å². The topological polar surface area (TPSA) is 91.5 Å². The largest absolute Gasteiger partial charge is 0.507 e. The number of amides is 1. The molecule has 1 atom stereocenters. The van der Waals surface area contributed by atoms with E-state index in [2.05, 4.69) is 32.8 Å². The fourth-order valence-electron chi connectivity index (χ4n) is 5.01. The standard InChI is InChI=1S/C27H28BN5O2/c28-21-17-31-33-24(16-22(32-26(21)33)20-12-6-7-13-23(20)34)29-14-15-30-27(35)25(19-10-4-5-11-19)18-8-2-1-3-9-18/h1-3,6-9,12-13,16-17,19,25,29,34H,4-5,10-11,14-15H2,(H,30,35). The van der Waals surface area contributed by atoms with Gasteiger partial charge in [0.25, 0.3) is 0 Å².